The average molecular weight is 121 g/mol. The molecule has 9 heavy (non-hydrogen) atoms. The Morgan fingerprint density at radius 2 is 2.56 bits per heavy atom. The Bertz CT molecular complexity index is 197. The second kappa shape index (κ2) is 2.23. The first-order valence-corrected chi connectivity index (χ1v) is 2.64. The molecule has 3 heteroatoms. The second-order valence-corrected chi connectivity index (χ2v) is 1.73. The van der Waals surface area contributed by atoms with Gasteiger partial charge in [0.2, 0.25) is 6.19 Å². The Hall–Kier alpha value is -1.43. The molecule has 0 atom stereocenters. The number of allylic oxidation sites excluding steroid dienone is 3. The van der Waals surface area contributed by atoms with Crippen molar-refractivity contribution < 1.29 is 0 Å². The highest BCUT2D eigenvalue weighted by atomic mass is 15.5. The summed E-state index contributed by atoms with van der Waals surface area (Å²) < 4.78 is 0. The van der Waals surface area contributed by atoms with E-state index in [4.69, 9.17) is 5.26 Å². The Labute approximate surface area is 53.9 Å². The van der Waals surface area contributed by atoms with E-state index in [0.717, 1.165) is 5.70 Å². The van der Waals surface area contributed by atoms with Crippen LogP contribution in [0.2, 0.25) is 0 Å². The van der Waals surface area contributed by atoms with Crippen molar-refractivity contribution >= 4 is 0 Å². The number of hydrogen-bond donors (Lipinski definition) is 1. The number of nitriles is 1. The van der Waals surface area contributed by atoms with Gasteiger partial charge in [0.25, 0.3) is 0 Å². The minimum Gasteiger partial charge on any atom is -0.293 e. The Balaban J connectivity index is 2.73. The first-order chi connectivity index (χ1) is 4.34. The molecular formula is C6H7N3. The van der Waals surface area contributed by atoms with E-state index in [2.05, 4.69) is 5.43 Å². The Kier molecular flexibility index (Phi) is 1.41. The lowest BCUT2D eigenvalue weighted by molar-refractivity contribution is 0.408. The molecule has 0 fully saturated rings. The monoisotopic (exact) mass is 121 g/mol. The molecule has 0 aromatic heterocycles. The van der Waals surface area contributed by atoms with E-state index in [1.54, 1.807) is 6.20 Å². The van der Waals surface area contributed by atoms with Gasteiger partial charge in [-0.15, -0.1) is 0 Å². The zero-order valence-electron chi connectivity index (χ0n) is 5.13. The van der Waals surface area contributed by atoms with Gasteiger partial charge in [-0.25, -0.2) is 0 Å². The van der Waals surface area contributed by atoms with Crippen LogP contribution in [0.25, 0.3) is 0 Å². The number of nitrogens with zero attached hydrogens (tertiary/aromatic N) is 2. The molecule has 1 aliphatic heterocycles. The van der Waals surface area contributed by atoms with Crippen molar-refractivity contribution in [3.8, 4) is 6.19 Å². The lowest BCUT2D eigenvalue weighted by Gasteiger charge is -2.17. The van der Waals surface area contributed by atoms with E-state index >= 15 is 0 Å². The highest BCUT2D eigenvalue weighted by Crippen LogP contribution is 2.01. The third-order valence-corrected chi connectivity index (χ3v) is 1.09. The molecule has 0 spiro atoms. The van der Waals surface area contributed by atoms with Crippen LogP contribution in [0, 0.1) is 11.5 Å². The lowest BCUT2D eigenvalue weighted by Crippen LogP contribution is -2.29. The first kappa shape index (κ1) is 5.70. The van der Waals surface area contributed by atoms with Crippen LogP contribution in [-0.4, -0.2) is 5.01 Å². The summed E-state index contributed by atoms with van der Waals surface area (Å²) in [6.07, 6.45) is 7.37. The summed E-state index contributed by atoms with van der Waals surface area (Å²) in [6.45, 7) is 1.86. The second-order valence-electron chi connectivity index (χ2n) is 1.73. The molecule has 1 aliphatic rings. The zero-order valence-corrected chi connectivity index (χ0v) is 5.13. The quantitative estimate of drug-likeness (QED) is 0.479. The summed E-state index contributed by atoms with van der Waals surface area (Å²) in [5, 5.41) is 9.79. The molecule has 0 aliphatic carbocycles. The topological polar surface area (TPSA) is 39.1 Å². The van der Waals surface area contributed by atoms with Crippen molar-refractivity contribution in [1.29, 1.82) is 5.26 Å². The highest BCUT2D eigenvalue weighted by molar-refractivity contribution is 5.15. The van der Waals surface area contributed by atoms with Crippen LogP contribution in [0.15, 0.2) is 24.0 Å². The Morgan fingerprint density at radius 1 is 1.78 bits per heavy atom. The van der Waals surface area contributed by atoms with Crippen molar-refractivity contribution in [2.45, 2.75) is 6.92 Å². The van der Waals surface area contributed by atoms with E-state index in [9.17, 15) is 0 Å². The molecule has 0 bridgehead atoms. The fourth-order valence-corrected chi connectivity index (χ4v) is 0.589. The van der Waals surface area contributed by atoms with Gasteiger partial charge >= 0.3 is 0 Å². The normalized spacial score (nSPS) is 16.0. The van der Waals surface area contributed by atoms with Crippen molar-refractivity contribution in [3.63, 3.8) is 0 Å². The van der Waals surface area contributed by atoms with Crippen LogP contribution >= 0.6 is 0 Å². The van der Waals surface area contributed by atoms with Gasteiger partial charge in [0.05, 0.1) is 0 Å². The number of hydrogen-bond acceptors (Lipinski definition) is 3. The predicted molar refractivity (Wildman–Crippen MR) is 33.5 cm³/mol. The van der Waals surface area contributed by atoms with Crippen molar-refractivity contribution in [2.75, 3.05) is 0 Å². The van der Waals surface area contributed by atoms with Gasteiger partial charge < -0.3 is 0 Å². The zero-order chi connectivity index (χ0) is 6.69. The fourth-order valence-electron chi connectivity index (χ4n) is 0.589. The summed E-state index contributed by atoms with van der Waals surface area (Å²) >= 11 is 0. The molecule has 46 valence electrons. The first-order valence-electron chi connectivity index (χ1n) is 2.64. The fraction of sp³-hybridized carbons (Fsp3) is 0.167. The molecule has 3 nitrogen and oxygen atoms in total. The van der Waals surface area contributed by atoms with Gasteiger partial charge in [0.15, 0.2) is 0 Å². The summed E-state index contributed by atoms with van der Waals surface area (Å²) in [5.41, 5.74) is 3.64. The van der Waals surface area contributed by atoms with E-state index in [1.807, 2.05) is 25.3 Å². The van der Waals surface area contributed by atoms with Crippen molar-refractivity contribution in [1.82, 2.24) is 10.4 Å². The van der Waals surface area contributed by atoms with Crippen LogP contribution in [0.5, 0.6) is 0 Å². The molecule has 1 rings (SSSR count). The van der Waals surface area contributed by atoms with Crippen LogP contribution in [0.3, 0.4) is 0 Å². The summed E-state index contributed by atoms with van der Waals surface area (Å²) in [6, 6.07) is 0. The van der Waals surface area contributed by atoms with Crippen LogP contribution in [0.1, 0.15) is 6.92 Å². The van der Waals surface area contributed by atoms with Gasteiger partial charge in [-0.3, -0.25) is 5.43 Å². The van der Waals surface area contributed by atoms with Crippen molar-refractivity contribution in [2.24, 2.45) is 0 Å². The van der Waals surface area contributed by atoms with E-state index in [-0.39, 0.29) is 0 Å². The molecule has 1 N–H and O–H groups in total. The number of rotatable bonds is 0. The maximum Gasteiger partial charge on any atom is 0.204 e. The van der Waals surface area contributed by atoms with Gasteiger partial charge in [0, 0.05) is 11.9 Å². The molecular weight excluding hydrogens is 114 g/mol. The van der Waals surface area contributed by atoms with Gasteiger partial charge in [-0.05, 0) is 19.1 Å². The minimum absolute atomic E-state index is 0.903. The van der Waals surface area contributed by atoms with E-state index < -0.39 is 0 Å². The number of hydrazine groups is 1. The highest BCUT2D eigenvalue weighted by Gasteiger charge is 2.01. The number of nitrogens with one attached hydrogen (secondary N) is 1. The van der Waals surface area contributed by atoms with Crippen LogP contribution < -0.4 is 5.43 Å². The molecule has 0 unspecified atom stereocenters. The lowest BCUT2D eigenvalue weighted by atomic mass is 10.4. The summed E-state index contributed by atoms with van der Waals surface area (Å²) in [5.74, 6) is 0. The molecule has 0 aromatic carbocycles. The minimum atomic E-state index is 0.903. The third kappa shape index (κ3) is 1.03. The molecule has 0 saturated carbocycles. The third-order valence-electron chi connectivity index (χ3n) is 1.09. The largest absolute Gasteiger partial charge is 0.293 e. The molecule has 0 radical (unpaired) electrons. The standard InChI is InChI=1S/C6H7N3/c1-6-3-2-4-8-9(6)5-7/h2-4,8H,1H3. The van der Waals surface area contributed by atoms with Crippen LogP contribution in [0.4, 0.5) is 0 Å². The maximum atomic E-state index is 8.40. The Morgan fingerprint density at radius 3 is 3.00 bits per heavy atom. The smallest absolute Gasteiger partial charge is 0.204 e. The average Bonchev–Trinajstić information content (AvgIpc) is 1.89. The molecule has 0 aromatic rings. The predicted octanol–water partition coefficient (Wildman–Crippen LogP) is 0.705. The molecule has 0 saturated heterocycles. The van der Waals surface area contributed by atoms with Crippen molar-refractivity contribution in [3.05, 3.63) is 24.0 Å². The molecule has 1 heterocycles. The van der Waals surface area contributed by atoms with Crippen LogP contribution in [-0.2, 0) is 0 Å². The molecule has 0 amide bonds. The summed E-state index contributed by atoms with van der Waals surface area (Å²) in [7, 11) is 0. The van der Waals surface area contributed by atoms with E-state index in [1.165, 1.54) is 5.01 Å². The maximum absolute atomic E-state index is 8.40. The van der Waals surface area contributed by atoms with Gasteiger partial charge in [0.1, 0.15) is 0 Å². The van der Waals surface area contributed by atoms with E-state index in [0.29, 0.717) is 0 Å². The van der Waals surface area contributed by atoms with Gasteiger partial charge in [-0.2, -0.15) is 10.3 Å². The summed E-state index contributed by atoms with van der Waals surface area (Å²) in [4.78, 5) is 0. The van der Waals surface area contributed by atoms with Gasteiger partial charge in [-0.1, -0.05) is 0 Å². The SMILES string of the molecule is CC1=CC=CNN1C#N.